The third-order valence-corrected chi connectivity index (χ3v) is 7.27. The Bertz CT molecular complexity index is 1330. The predicted octanol–water partition coefficient (Wildman–Crippen LogP) is 4.59. The number of esters is 1. The highest BCUT2D eigenvalue weighted by Crippen LogP contribution is 2.35. The molecule has 41 heavy (non-hydrogen) atoms. The maximum absolute atomic E-state index is 14.3. The van der Waals surface area contributed by atoms with Crippen LogP contribution in [0.3, 0.4) is 0 Å². The van der Waals surface area contributed by atoms with Crippen LogP contribution in [0.15, 0.2) is 59.8 Å². The highest BCUT2D eigenvalue weighted by Gasteiger charge is 2.40. The van der Waals surface area contributed by atoms with Crippen molar-refractivity contribution in [1.82, 2.24) is 20.0 Å². The van der Waals surface area contributed by atoms with Gasteiger partial charge in [-0.1, -0.05) is 24.3 Å². The van der Waals surface area contributed by atoms with E-state index < -0.39 is 41.5 Å². The van der Waals surface area contributed by atoms with E-state index in [0.717, 1.165) is 12.1 Å². The number of nitrogens with zero attached hydrogens (tertiary/aromatic N) is 3. The molecule has 1 fully saturated rings. The Morgan fingerprint density at radius 2 is 1.73 bits per heavy atom. The van der Waals surface area contributed by atoms with E-state index in [9.17, 15) is 31.9 Å². The Morgan fingerprint density at radius 3 is 2.32 bits per heavy atom. The molecular weight excluding hydrogens is 544 g/mol. The van der Waals surface area contributed by atoms with Gasteiger partial charge in [0, 0.05) is 44.5 Å². The lowest BCUT2D eigenvalue weighted by Crippen LogP contribution is -2.56. The third-order valence-electron chi connectivity index (χ3n) is 7.27. The zero-order chi connectivity index (χ0) is 29.9. The number of benzene rings is 2. The van der Waals surface area contributed by atoms with Crippen molar-refractivity contribution in [2.75, 3.05) is 39.3 Å². The highest BCUT2D eigenvalue weighted by atomic mass is 19.4. The molecule has 2 atom stereocenters. The van der Waals surface area contributed by atoms with Gasteiger partial charge in [0.25, 0.3) is 5.91 Å². The maximum atomic E-state index is 14.3. The van der Waals surface area contributed by atoms with E-state index >= 15 is 0 Å². The summed E-state index contributed by atoms with van der Waals surface area (Å²) < 4.78 is 59.1. The van der Waals surface area contributed by atoms with Gasteiger partial charge >= 0.3 is 18.2 Å². The van der Waals surface area contributed by atoms with Gasteiger partial charge in [0.2, 0.25) is 0 Å². The lowest BCUT2D eigenvalue weighted by molar-refractivity contribution is -0.139. The molecule has 1 saturated heterocycles. The number of nitrogens with one attached hydrogen (secondary N) is 1. The van der Waals surface area contributed by atoms with E-state index in [0.29, 0.717) is 24.4 Å². The molecule has 0 radical (unpaired) electrons. The predicted molar refractivity (Wildman–Crippen MR) is 142 cm³/mol. The molecule has 0 bridgehead atoms. The van der Waals surface area contributed by atoms with Gasteiger partial charge in [-0.25, -0.2) is 14.0 Å². The Kier molecular flexibility index (Phi) is 9.01. The molecule has 2 aromatic rings. The van der Waals surface area contributed by atoms with E-state index in [2.05, 4.69) is 5.32 Å². The Labute approximate surface area is 235 Å². The minimum atomic E-state index is -4.54. The smallest absolute Gasteiger partial charge is 0.416 e. The van der Waals surface area contributed by atoms with Gasteiger partial charge < -0.3 is 15.0 Å². The first kappa shape index (κ1) is 30.0. The summed E-state index contributed by atoms with van der Waals surface area (Å²) in [4.78, 5) is 44.4. The van der Waals surface area contributed by atoms with Crippen molar-refractivity contribution in [1.29, 1.82) is 0 Å². The number of carbonyl (C=O) groups excluding carboxylic acids is 3. The van der Waals surface area contributed by atoms with Crippen molar-refractivity contribution >= 4 is 17.9 Å². The number of rotatable bonds is 7. The van der Waals surface area contributed by atoms with Crippen LogP contribution in [0.4, 0.5) is 22.4 Å². The van der Waals surface area contributed by atoms with Crippen molar-refractivity contribution in [3.8, 4) is 0 Å². The molecule has 0 aromatic heterocycles. The zero-order valence-corrected chi connectivity index (χ0v) is 23.0. The average Bonchev–Trinajstić information content (AvgIpc) is 2.92. The van der Waals surface area contributed by atoms with Gasteiger partial charge in [0.05, 0.1) is 29.3 Å². The zero-order valence-electron chi connectivity index (χ0n) is 23.0. The minimum Gasteiger partial charge on any atom is -0.463 e. The van der Waals surface area contributed by atoms with E-state index in [1.807, 2.05) is 11.8 Å². The van der Waals surface area contributed by atoms with Crippen molar-refractivity contribution in [2.45, 2.75) is 39.0 Å². The molecule has 1 N–H and O–H groups in total. The molecule has 2 unspecified atom stereocenters. The number of halogens is 4. The fourth-order valence-electron chi connectivity index (χ4n) is 5.25. The molecule has 3 amide bonds. The molecule has 220 valence electrons. The summed E-state index contributed by atoms with van der Waals surface area (Å²) in [7, 11) is 0. The number of likely N-dealkylation sites (N-methyl/N-ethyl adjacent to an activating group) is 1. The summed E-state index contributed by atoms with van der Waals surface area (Å²) in [5.41, 5.74) is -0.0552. The Balaban J connectivity index is 1.65. The average molecular weight is 577 g/mol. The van der Waals surface area contributed by atoms with E-state index in [-0.39, 0.29) is 43.4 Å². The first-order valence-electron chi connectivity index (χ1n) is 13.4. The van der Waals surface area contributed by atoms with Crippen LogP contribution in [0.5, 0.6) is 0 Å². The van der Waals surface area contributed by atoms with Crippen LogP contribution >= 0.6 is 0 Å². The Morgan fingerprint density at radius 1 is 1.05 bits per heavy atom. The minimum absolute atomic E-state index is 0.0133. The molecule has 0 spiro atoms. The molecule has 12 heteroatoms. The topological polar surface area (TPSA) is 82.2 Å². The molecule has 4 rings (SSSR count). The summed E-state index contributed by atoms with van der Waals surface area (Å²) >= 11 is 0. The lowest BCUT2D eigenvalue weighted by Gasteiger charge is -2.43. The standard InChI is InChI=1S/C29H32F4N4O4/c1-4-36-23(17-35-14-15-37(18(3)16-35)26(38)21-8-6-7-9-22(21)30)24(27(39)41-5-2)25(34-28(36)40)19-10-12-20(13-11-19)29(31,32)33/h6-13,18,25H,4-5,14-17H2,1-3H3,(H,34,40). The Hall–Kier alpha value is -3.93. The van der Waals surface area contributed by atoms with E-state index in [1.54, 1.807) is 24.8 Å². The molecule has 0 saturated carbocycles. The van der Waals surface area contributed by atoms with Crippen LogP contribution < -0.4 is 5.32 Å². The fraction of sp³-hybridized carbons (Fsp3) is 0.414. The number of urea groups is 1. The molecule has 8 nitrogen and oxygen atoms in total. The summed E-state index contributed by atoms with van der Waals surface area (Å²) in [6.45, 7) is 6.70. The maximum Gasteiger partial charge on any atom is 0.416 e. The van der Waals surface area contributed by atoms with Crippen LogP contribution in [-0.2, 0) is 15.7 Å². The normalized spacial score (nSPS) is 20.2. The van der Waals surface area contributed by atoms with E-state index in [4.69, 9.17) is 4.74 Å². The number of carbonyl (C=O) groups is 3. The molecular formula is C29H32F4N4O4. The summed E-state index contributed by atoms with van der Waals surface area (Å²) in [6, 6.07) is 8.24. The number of hydrogen-bond donors (Lipinski definition) is 1. The third kappa shape index (κ3) is 6.37. The van der Waals surface area contributed by atoms with Gasteiger partial charge in [-0.15, -0.1) is 0 Å². The molecule has 2 aliphatic heterocycles. The summed E-state index contributed by atoms with van der Waals surface area (Å²) in [5.74, 6) is -1.71. The number of piperazine rings is 1. The molecule has 2 aliphatic rings. The van der Waals surface area contributed by atoms with Crippen LogP contribution in [-0.4, -0.2) is 78.0 Å². The fourth-order valence-corrected chi connectivity index (χ4v) is 5.25. The summed E-state index contributed by atoms with van der Waals surface area (Å²) in [5, 5.41) is 2.74. The highest BCUT2D eigenvalue weighted by molar-refractivity contribution is 5.96. The molecule has 2 aromatic carbocycles. The second-order valence-corrected chi connectivity index (χ2v) is 9.89. The number of alkyl halides is 3. The van der Waals surface area contributed by atoms with Crippen LogP contribution in [0.2, 0.25) is 0 Å². The van der Waals surface area contributed by atoms with Crippen molar-refractivity contribution in [3.63, 3.8) is 0 Å². The number of amides is 3. The molecule has 0 aliphatic carbocycles. The van der Waals surface area contributed by atoms with E-state index in [1.165, 1.54) is 35.2 Å². The van der Waals surface area contributed by atoms with Gasteiger partial charge in [0.1, 0.15) is 5.82 Å². The first-order chi connectivity index (χ1) is 19.5. The molecule has 2 heterocycles. The second kappa shape index (κ2) is 12.3. The van der Waals surface area contributed by atoms with Gasteiger partial charge in [-0.3, -0.25) is 14.6 Å². The van der Waals surface area contributed by atoms with Crippen LogP contribution in [0.1, 0.15) is 48.3 Å². The van der Waals surface area contributed by atoms with Crippen molar-refractivity contribution in [2.24, 2.45) is 0 Å². The SMILES string of the molecule is CCOC(=O)C1=C(CN2CCN(C(=O)c3ccccc3F)C(C)C2)N(CC)C(=O)NC1c1ccc(C(F)(F)F)cc1. The van der Waals surface area contributed by atoms with Crippen molar-refractivity contribution < 1.29 is 36.7 Å². The largest absolute Gasteiger partial charge is 0.463 e. The van der Waals surface area contributed by atoms with Crippen LogP contribution in [0, 0.1) is 5.82 Å². The lowest BCUT2D eigenvalue weighted by atomic mass is 9.93. The first-order valence-corrected chi connectivity index (χ1v) is 13.4. The van der Waals surface area contributed by atoms with Gasteiger partial charge in [-0.05, 0) is 50.6 Å². The second-order valence-electron chi connectivity index (χ2n) is 9.89. The van der Waals surface area contributed by atoms with Gasteiger partial charge in [0.15, 0.2) is 0 Å². The summed E-state index contributed by atoms with van der Waals surface area (Å²) in [6.07, 6.45) is -4.54. The monoisotopic (exact) mass is 576 g/mol. The van der Waals surface area contributed by atoms with Crippen LogP contribution in [0.25, 0.3) is 0 Å². The number of ether oxygens (including phenoxy) is 1. The number of hydrogen-bond acceptors (Lipinski definition) is 5. The van der Waals surface area contributed by atoms with Gasteiger partial charge in [-0.2, -0.15) is 13.2 Å². The van der Waals surface area contributed by atoms with Crippen molar-refractivity contribution in [3.05, 3.63) is 82.3 Å². The quantitative estimate of drug-likeness (QED) is 0.385.